The van der Waals surface area contributed by atoms with Crippen molar-refractivity contribution in [3.8, 4) is 5.75 Å². The van der Waals surface area contributed by atoms with Gasteiger partial charge in [-0.15, -0.1) is 13.2 Å². The van der Waals surface area contributed by atoms with Crippen molar-refractivity contribution in [2.45, 2.75) is 6.36 Å². The van der Waals surface area contributed by atoms with E-state index in [-0.39, 0.29) is 5.75 Å². The van der Waals surface area contributed by atoms with Crippen molar-refractivity contribution in [1.29, 1.82) is 0 Å². The predicted molar refractivity (Wildman–Crippen MR) is 75.6 cm³/mol. The van der Waals surface area contributed by atoms with Gasteiger partial charge in [0.25, 0.3) is 0 Å². The van der Waals surface area contributed by atoms with Crippen LogP contribution in [0.5, 0.6) is 5.75 Å². The monoisotopic (exact) mass is 294 g/mol. The number of anilines is 1. The molecule has 0 spiro atoms. The number of hydrazone groups is 1. The fourth-order valence-corrected chi connectivity index (χ4v) is 1.62. The molecule has 3 nitrogen and oxygen atoms in total. The van der Waals surface area contributed by atoms with Crippen molar-refractivity contribution >= 4 is 11.9 Å². The first-order chi connectivity index (χ1) is 9.94. The van der Waals surface area contributed by atoms with E-state index in [1.165, 1.54) is 24.3 Å². The lowest BCUT2D eigenvalue weighted by atomic mass is 10.2. The number of benzene rings is 2. The quantitative estimate of drug-likeness (QED) is 0.627. The molecule has 0 saturated heterocycles. The summed E-state index contributed by atoms with van der Waals surface area (Å²) in [5.74, 6) is -0.258. The van der Waals surface area contributed by atoms with Crippen LogP contribution in [0.1, 0.15) is 5.56 Å². The Kier molecular flexibility index (Phi) is 4.47. The normalized spacial score (nSPS) is 11.6. The average Bonchev–Trinajstić information content (AvgIpc) is 2.45. The highest BCUT2D eigenvalue weighted by molar-refractivity contribution is 5.80. The number of hydrogen-bond acceptors (Lipinski definition) is 3. The van der Waals surface area contributed by atoms with Crippen LogP contribution in [0.2, 0.25) is 0 Å². The van der Waals surface area contributed by atoms with E-state index in [0.717, 1.165) is 5.56 Å². The van der Waals surface area contributed by atoms with E-state index in [4.69, 9.17) is 0 Å². The summed E-state index contributed by atoms with van der Waals surface area (Å²) in [5, 5.41) is 5.77. The van der Waals surface area contributed by atoms with Gasteiger partial charge in [0.05, 0.1) is 11.9 Å². The lowest BCUT2D eigenvalue weighted by Crippen LogP contribution is -2.17. The lowest BCUT2D eigenvalue weighted by molar-refractivity contribution is -0.274. The third-order valence-corrected chi connectivity index (χ3v) is 2.62. The Labute approximate surface area is 120 Å². The molecular formula is C15H13F3N2O. The summed E-state index contributed by atoms with van der Waals surface area (Å²) in [5.41, 5.74) is 1.58. The van der Waals surface area contributed by atoms with Crippen LogP contribution in [-0.2, 0) is 0 Å². The van der Waals surface area contributed by atoms with E-state index in [1.54, 1.807) is 18.3 Å². The Morgan fingerprint density at radius 3 is 2.19 bits per heavy atom. The zero-order chi connectivity index (χ0) is 15.3. The van der Waals surface area contributed by atoms with Crippen LogP contribution in [0.3, 0.4) is 0 Å². The summed E-state index contributed by atoms with van der Waals surface area (Å²) < 4.78 is 40.0. The number of nitrogens with zero attached hydrogens (tertiary/aromatic N) is 2. The molecule has 2 rings (SSSR count). The van der Waals surface area contributed by atoms with Crippen LogP contribution in [0.25, 0.3) is 0 Å². The molecule has 0 aliphatic heterocycles. The van der Waals surface area contributed by atoms with Gasteiger partial charge in [0.15, 0.2) is 0 Å². The number of rotatable bonds is 4. The second-order valence-electron chi connectivity index (χ2n) is 4.22. The third-order valence-electron chi connectivity index (χ3n) is 2.62. The third kappa shape index (κ3) is 4.83. The molecule has 0 saturated carbocycles. The van der Waals surface area contributed by atoms with Gasteiger partial charge in [0.2, 0.25) is 0 Å². The molecule has 2 aromatic rings. The van der Waals surface area contributed by atoms with E-state index >= 15 is 0 Å². The first kappa shape index (κ1) is 14.9. The van der Waals surface area contributed by atoms with Gasteiger partial charge in [-0.2, -0.15) is 5.10 Å². The fourth-order valence-electron chi connectivity index (χ4n) is 1.62. The van der Waals surface area contributed by atoms with E-state index < -0.39 is 6.36 Å². The lowest BCUT2D eigenvalue weighted by Gasteiger charge is -2.14. The Morgan fingerprint density at radius 2 is 1.62 bits per heavy atom. The molecule has 0 aromatic heterocycles. The molecule has 0 amide bonds. The first-order valence-electron chi connectivity index (χ1n) is 6.12. The molecule has 0 heterocycles. The fraction of sp³-hybridized carbons (Fsp3) is 0.133. The van der Waals surface area contributed by atoms with Gasteiger partial charge in [-0.3, -0.25) is 5.01 Å². The molecule has 0 aliphatic carbocycles. The summed E-state index contributed by atoms with van der Waals surface area (Å²) in [6.07, 6.45) is -3.01. The molecule has 6 heteroatoms. The highest BCUT2D eigenvalue weighted by Gasteiger charge is 2.30. The van der Waals surface area contributed by atoms with E-state index in [1.807, 2.05) is 30.3 Å². The summed E-state index contributed by atoms with van der Waals surface area (Å²) in [7, 11) is 1.71. The minimum absolute atomic E-state index is 0.258. The molecule has 0 radical (unpaired) electrons. The Hall–Kier alpha value is -2.50. The van der Waals surface area contributed by atoms with Gasteiger partial charge in [-0.05, 0) is 29.8 Å². The number of alkyl halides is 3. The van der Waals surface area contributed by atoms with Crippen molar-refractivity contribution in [2.24, 2.45) is 5.10 Å². The molecule has 0 N–H and O–H groups in total. The molecular weight excluding hydrogens is 281 g/mol. The molecule has 110 valence electrons. The molecule has 2 aromatic carbocycles. The smallest absolute Gasteiger partial charge is 0.406 e. The highest BCUT2D eigenvalue weighted by atomic mass is 19.4. The second kappa shape index (κ2) is 6.30. The molecule has 0 unspecified atom stereocenters. The minimum Gasteiger partial charge on any atom is -0.406 e. The van der Waals surface area contributed by atoms with Crippen LogP contribution in [0.4, 0.5) is 18.9 Å². The topological polar surface area (TPSA) is 24.8 Å². The van der Waals surface area contributed by atoms with E-state index in [2.05, 4.69) is 9.84 Å². The zero-order valence-electron chi connectivity index (χ0n) is 11.2. The van der Waals surface area contributed by atoms with Gasteiger partial charge in [-0.1, -0.05) is 30.3 Å². The van der Waals surface area contributed by atoms with Crippen molar-refractivity contribution in [3.05, 3.63) is 60.2 Å². The predicted octanol–water partition coefficient (Wildman–Crippen LogP) is 4.06. The van der Waals surface area contributed by atoms with Gasteiger partial charge in [0.1, 0.15) is 5.75 Å². The molecule has 21 heavy (non-hydrogen) atoms. The van der Waals surface area contributed by atoms with Gasteiger partial charge in [0, 0.05) is 7.05 Å². The molecule has 0 bridgehead atoms. The molecule has 0 atom stereocenters. The van der Waals surface area contributed by atoms with Crippen molar-refractivity contribution in [2.75, 3.05) is 12.1 Å². The maximum atomic E-state index is 12.1. The largest absolute Gasteiger partial charge is 0.573 e. The zero-order valence-corrected chi connectivity index (χ0v) is 11.2. The number of ether oxygens (including phenoxy) is 1. The summed E-state index contributed by atoms with van der Waals surface area (Å²) in [6.45, 7) is 0. The van der Waals surface area contributed by atoms with E-state index in [9.17, 15) is 13.2 Å². The standard InChI is InChI=1S/C15H13F3N2O/c1-20(19-11-12-5-3-2-4-6-12)13-7-9-14(10-8-13)21-15(16,17)18/h2-11H,1H3. The summed E-state index contributed by atoms with van der Waals surface area (Å²) >= 11 is 0. The Morgan fingerprint density at radius 1 is 1.00 bits per heavy atom. The number of hydrogen-bond donors (Lipinski definition) is 0. The van der Waals surface area contributed by atoms with Crippen LogP contribution in [0, 0.1) is 0 Å². The van der Waals surface area contributed by atoms with Crippen LogP contribution in [0.15, 0.2) is 59.7 Å². The Balaban J connectivity index is 2.03. The maximum Gasteiger partial charge on any atom is 0.573 e. The highest BCUT2D eigenvalue weighted by Crippen LogP contribution is 2.25. The van der Waals surface area contributed by atoms with Gasteiger partial charge < -0.3 is 4.74 Å². The van der Waals surface area contributed by atoms with Crippen molar-refractivity contribution < 1.29 is 17.9 Å². The van der Waals surface area contributed by atoms with Gasteiger partial charge >= 0.3 is 6.36 Å². The van der Waals surface area contributed by atoms with Crippen LogP contribution >= 0.6 is 0 Å². The summed E-state index contributed by atoms with van der Waals surface area (Å²) in [6, 6.07) is 15.0. The number of halogens is 3. The first-order valence-corrected chi connectivity index (χ1v) is 6.12. The minimum atomic E-state index is -4.68. The maximum absolute atomic E-state index is 12.1. The van der Waals surface area contributed by atoms with Crippen molar-refractivity contribution in [3.63, 3.8) is 0 Å². The summed E-state index contributed by atoms with van der Waals surface area (Å²) in [4.78, 5) is 0. The molecule has 0 aliphatic rings. The van der Waals surface area contributed by atoms with Crippen molar-refractivity contribution in [1.82, 2.24) is 0 Å². The van der Waals surface area contributed by atoms with Crippen LogP contribution < -0.4 is 9.75 Å². The molecule has 0 fully saturated rings. The average molecular weight is 294 g/mol. The second-order valence-corrected chi connectivity index (χ2v) is 4.22. The van der Waals surface area contributed by atoms with Gasteiger partial charge in [-0.25, -0.2) is 0 Å². The Bertz CT molecular complexity index is 595. The SMILES string of the molecule is CN(N=Cc1ccccc1)c1ccc(OC(F)(F)F)cc1. The van der Waals surface area contributed by atoms with E-state index in [0.29, 0.717) is 5.69 Å². The van der Waals surface area contributed by atoms with Crippen LogP contribution in [-0.4, -0.2) is 19.6 Å².